The van der Waals surface area contributed by atoms with E-state index < -0.39 is 0 Å². The number of nitrogens with one attached hydrogen (secondary N) is 1. The average molecular weight is 325 g/mol. The van der Waals surface area contributed by atoms with Crippen LogP contribution in [0.25, 0.3) is 0 Å². The molecule has 4 nitrogen and oxygen atoms in total. The molecule has 1 unspecified atom stereocenters. The largest absolute Gasteiger partial charge is 0.349 e. The highest BCUT2D eigenvalue weighted by molar-refractivity contribution is 7.10. The van der Waals surface area contributed by atoms with Crippen LogP contribution in [0.15, 0.2) is 54.2 Å². The minimum Gasteiger partial charge on any atom is -0.349 e. The number of carbonyl (C=O) groups excluding carboxylic acids is 1. The van der Waals surface area contributed by atoms with Gasteiger partial charge in [0, 0.05) is 29.4 Å². The third-order valence-electron chi connectivity index (χ3n) is 3.81. The fourth-order valence-corrected chi connectivity index (χ4v) is 3.36. The van der Waals surface area contributed by atoms with Crippen molar-refractivity contribution in [3.8, 4) is 0 Å². The fraction of sp³-hybridized carbons (Fsp3) is 0.222. The first-order valence-electron chi connectivity index (χ1n) is 7.53. The SMILES string of the molecule is Cc1ccc(C)c(C(=O)NCC(c2cccs2)n2cccn2)c1. The van der Waals surface area contributed by atoms with Gasteiger partial charge in [-0.2, -0.15) is 5.10 Å². The molecule has 23 heavy (non-hydrogen) atoms. The van der Waals surface area contributed by atoms with E-state index in [0.29, 0.717) is 6.54 Å². The average Bonchev–Trinajstić information content (AvgIpc) is 3.23. The van der Waals surface area contributed by atoms with Crippen molar-refractivity contribution >= 4 is 17.2 Å². The van der Waals surface area contributed by atoms with Crippen molar-refractivity contribution < 1.29 is 4.79 Å². The lowest BCUT2D eigenvalue weighted by Crippen LogP contribution is -2.31. The summed E-state index contributed by atoms with van der Waals surface area (Å²) < 4.78 is 1.88. The molecule has 0 aliphatic rings. The van der Waals surface area contributed by atoms with Crippen molar-refractivity contribution in [2.45, 2.75) is 19.9 Å². The van der Waals surface area contributed by atoms with E-state index in [4.69, 9.17) is 0 Å². The summed E-state index contributed by atoms with van der Waals surface area (Å²) in [5, 5.41) is 9.42. The van der Waals surface area contributed by atoms with Crippen molar-refractivity contribution in [2.75, 3.05) is 6.54 Å². The van der Waals surface area contributed by atoms with Crippen molar-refractivity contribution in [1.82, 2.24) is 15.1 Å². The minimum absolute atomic E-state index is 0.0130. The zero-order valence-corrected chi connectivity index (χ0v) is 14.0. The van der Waals surface area contributed by atoms with E-state index in [1.54, 1.807) is 17.5 Å². The molecule has 0 bridgehead atoms. The quantitative estimate of drug-likeness (QED) is 0.779. The third kappa shape index (κ3) is 3.51. The first-order valence-corrected chi connectivity index (χ1v) is 8.41. The molecule has 5 heteroatoms. The highest BCUT2D eigenvalue weighted by Crippen LogP contribution is 2.22. The molecular formula is C18H19N3OS. The second-order valence-corrected chi connectivity index (χ2v) is 6.52. The molecule has 0 aliphatic carbocycles. The lowest BCUT2D eigenvalue weighted by molar-refractivity contribution is 0.0948. The van der Waals surface area contributed by atoms with Crippen LogP contribution >= 0.6 is 11.3 Å². The Bertz CT molecular complexity index is 744. The summed E-state index contributed by atoms with van der Waals surface area (Å²) >= 11 is 1.67. The molecule has 1 N–H and O–H groups in total. The standard InChI is InChI=1S/C18H19N3OS/c1-13-6-7-14(2)15(11-13)18(22)19-12-16(17-5-3-10-23-17)21-9-4-8-20-21/h3-11,16H,12H2,1-2H3,(H,19,22). The number of amides is 1. The Hall–Kier alpha value is -2.40. The Morgan fingerprint density at radius 1 is 1.30 bits per heavy atom. The van der Waals surface area contributed by atoms with Crippen LogP contribution in [0.4, 0.5) is 0 Å². The predicted molar refractivity (Wildman–Crippen MR) is 92.9 cm³/mol. The lowest BCUT2D eigenvalue weighted by Gasteiger charge is -2.17. The molecular weight excluding hydrogens is 306 g/mol. The first-order chi connectivity index (χ1) is 11.1. The molecule has 0 fully saturated rings. The van der Waals surface area contributed by atoms with Gasteiger partial charge in [0.1, 0.15) is 6.04 Å². The normalized spacial score (nSPS) is 12.1. The number of thiophene rings is 1. The van der Waals surface area contributed by atoms with Gasteiger partial charge in [-0.05, 0) is 43.0 Å². The predicted octanol–water partition coefficient (Wildman–Crippen LogP) is 3.58. The molecule has 2 aromatic heterocycles. The van der Waals surface area contributed by atoms with Gasteiger partial charge in [0.05, 0.1) is 0 Å². The number of hydrogen-bond donors (Lipinski definition) is 1. The topological polar surface area (TPSA) is 46.9 Å². The van der Waals surface area contributed by atoms with Crippen molar-refractivity contribution in [1.29, 1.82) is 0 Å². The van der Waals surface area contributed by atoms with Crippen LogP contribution < -0.4 is 5.32 Å². The zero-order valence-electron chi connectivity index (χ0n) is 13.2. The van der Waals surface area contributed by atoms with Crippen LogP contribution in [0.3, 0.4) is 0 Å². The smallest absolute Gasteiger partial charge is 0.251 e. The molecule has 1 amide bonds. The monoisotopic (exact) mass is 325 g/mol. The Labute approximate surface area is 139 Å². The number of benzene rings is 1. The van der Waals surface area contributed by atoms with E-state index in [9.17, 15) is 4.79 Å². The Morgan fingerprint density at radius 3 is 2.87 bits per heavy atom. The summed E-state index contributed by atoms with van der Waals surface area (Å²) in [6.45, 7) is 4.46. The van der Waals surface area contributed by atoms with Gasteiger partial charge in [-0.25, -0.2) is 0 Å². The van der Waals surface area contributed by atoms with Crippen LogP contribution in [0.1, 0.15) is 32.4 Å². The van der Waals surface area contributed by atoms with Gasteiger partial charge in [-0.15, -0.1) is 11.3 Å². The van der Waals surface area contributed by atoms with Gasteiger partial charge in [-0.1, -0.05) is 23.8 Å². The summed E-state index contributed by atoms with van der Waals surface area (Å²) in [7, 11) is 0. The second-order valence-electron chi connectivity index (χ2n) is 5.55. The van der Waals surface area contributed by atoms with Crippen LogP contribution in [-0.2, 0) is 0 Å². The summed E-state index contributed by atoms with van der Waals surface area (Å²) in [6.07, 6.45) is 3.68. The molecule has 0 aliphatic heterocycles. The fourth-order valence-electron chi connectivity index (χ4n) is 2.54. The number of aromatic nitrogens is 2. The van der Waals surface area contributed by atoms with Crippen molar-refractivity contribution in [3.05, 3.63) is 75.7 Å². The Kier molecular flexibility index (Phi) is 4.57. The van der Waals surface area contributed by atoms with Crippen molar-refractivity contribution in [2.24, 2.45) is 0 Å². The Morgan fingerprint density at radius 2 is 2.17 bits per heavy atom. The maximum atomic E-state index is 12.5. The minimum atomic E-state index is -0.0417. The molecule has 1 atom stereocenters. The molecule has 118 valence electrons. The van der Waals surface area contributed by atoms with E-state index in [-0.39, 0.29) is 11.9 Å². The first kappa shape index (κ1) is 15.5. The lowest BCUT2D eigenvalue weighted by atomic mass is 10.0. The van der Waals surface area contributed by atoms with Crippen LogP contribution in [0.5, 0.6) is 0 Å². The second kappa shape index (κ2) is 6.79. The molecule has 0 radical (unpaired) electrons. The highest BCUT2D eigenvalue weighted by Gasteiger charge is 2.17. The molecule has 0 saturated carbocycles. The third-order valence-corrected chi connectivity index (χ3v) is 4.78. The Balaban J connectivity index is 1.77. The van der Waals surface area contributed by atoms with Gasteiger partial charge in [0.15, 0.2) is 0 Å². The van der Waals surface area contributed by atoms with Gasteiger partial charge in [-0.3, -0.25) is 9.48 Å². The van der Waals surface area contributed by atoms with Crippen LogP contribution in [-0.4, -0.2) is 22.2 Å². The van der Waals surface area contributed by atoms with E-state index in [2.05, 4.69) is 16.5 Å². The molecule has 0 saturated heterocycles. The molecule has 0 spiro atoms. The van der Waals surface area contributed by atoms with E-state index in [0.717, 1.165) is 16.7 Å². The molecule has 1 aromatic carbocycles. The highest BCUT2D eigenvalue weighted by atomic mass is 32.1. The molecule has 3 aromatic rings. The number of hydrogen-bond acceptors (Lipinski definition) is 3. The van der Waals surface area contributed by atoms with Crippen molar-refractivity contribution in [3.63, 3.8) is 0 Å². The van der Waals surface area contributed by atoms with Gasteiger partial charge in [0.2, 0.25) is 0 Å². The summed E-state index contributed by atoms with van der Waals surface area (Å²) in [6, 6.07) is 11.9. The maximum absolute atomic E-state index is 12.5. The number of aryl methyl sites for hydroxylation is 2. The molecule has 2 heterocycles. The summed E-state index contributed by atoms with van der Waals surface area (Å²) in [5.74, 6) is -0.0417. The van der Waals surface area contributed by atoms with Crippen LogP contribution in [0, 0.1) is 13.8 Å². The van der Waals surface area contributed by atoms with Gasteiger partial charge >= 0.3 is 0 Å². The zero-order chi connectivity index (χ0) is 16.2. The molecule has 3 rings (SSSR count). The van der Waals surface area contributed by atoms with Gasteiger partial charge in [0.25, 0.3) is 5.91 Å². The number of nitrogens with zero attached hydrogens (tertiary/aromatic N) is 2. The summed E-state index contributed by atoms with van der Waals surface area (Å²) in [4.78, 5) is 13.7. The van der Waals surface area contributed by atoms with E-state index >= 15 is 0 Å². The number of carbonyl (C=O) groups is 1. The van der Waals surface area contributed by atoms with E-state index in [1.807, 2.05) is 60.4 Å². The maximum Gasteiger partial charge on any atom is 0.251 e. The van der Waals surface area contributed by atoms with E-state index in [1.165, 1.54) is 4.88 Å². The van der Waals surface area contributed by atoms with Crippen LogP contribution in [0.2, 0.25) is 0 Å². The van der Waals surface area contributed by atoms with Gasteiger partial charge < -0.3 is 5.32 Å². The number of rotatable bonds is 5. The summed E-state index contributed by atoms with van der Waals surface area (Å²) in [5.41, 5.74) is 2.80.